The largest absolute Gasteiger partial charge is 0.254 e. The van der Waals surface area contributed by atoms with E-state index in [1.54, 1.807) is 0 Å². The second-order valence-corrected chi connectivity index (χ2v) is 13.0. The molecule has 10 aromatic rings. The highest BCUT2D eigenvalue weighted by atomic mass is 14.9. The van der Waals surface area contributed by atoms with Crippen LogP contribution in [0.5, 0.6) is 0 Å². The maximum absolute atomic E-state index is 7.69. The summed E-state index contributed by atoms with van der Waals surface area (Å²) in [4.78, 5) is 23.9. The monoisotopic (exact) mass is 661 g/mol. The van der Waals surface area contributed by atoms with Crippen LogP contribution in [0.15, 0.2) is 164 Å². The summed E-state index contributed by atoms with van der Waals surface area (Å²) in [7, 11) is 0. The van der Waals surface area contributed by atoms with Gasteiger partial charge in [-0.05, 0) is 85.9 Å². The van der Waals surface area contributed by atoms with Crippen molar-refractivity contribution in [1.82, 2.24) is 19.9 Å². The minimum Gasteiger partial charge on any atom is -0.254 e. The summed E-state index contributed by atoms with van der Waals surface area (Å²) >= 11 is 0. The number of nitrogens with zero attached hydrogens (tertiary/aromatic N) is 5. The molecule has 0 unspecified atom stereocenters. The third kappa shape index (κ3) is 4.86. The fourth-order valence-electron chi connectivity index (χ4n) is 7.53. The lowest BCUT2D eigenvalue weighted by Gasteiger charge is -2.15. The van der Waals surface area contributed by atoms with Gasteiger partial charge in [0, 0.05) is 39.9 Å². The molecule has 5 nitrogen and oxygen atoms in total. The van der Waals surface area contributed by atoms with Crippen LogP contribution >= 0.6 is 0 Å². The number of benzene rings is 7. The van der Waals surface area contributed by atoms with Crippen molar-refractivity contribution in [3.63, 3.8) is 0 Å². The lowest BCUT2D eigenvalue weighted by molar-refractivity contribution is 1.19. The van der Waals surface area contributed by atoms with Crippen LogP contribution in [0.4, 0.5) is 5.69 Å². The molecule has 240 valence electrons. The van der Waals surface area contributed by atoms with Crippen molar-refractivity contribution < 1.29 is 0 Å². The average Bonchev–Trinajstić information content (AvgIpc) is 3.22. The average molecular weight is 662 g/mol. The molecule has 5 heteroatoms. The van der Waals surface area contributed by atoms with Crippen LogP contribution in [0.1, 0.15) is 0 Å². The normalized spacial score (nSPS) is 11.4. The van der Waals surface area contributed by atoms with Crippen molar-refractivity contribution in [3.05, 3.63) is 175 Å². The number of hydrogen-bond acceptors (Lipinski definition) is 4. The zero-order chi connectivity index (χ0) is 34.6. The molecule has 0 atom stereocenters. The molecule has 0 spiro atoms. The fourth-order valence-corrected chi connectivity index (χ4v) is 7.53. The lowest BCUT2D eigenvalue weighted by atomic mass is 9.94. The number of fused-ring (bicyclic) bond motifs is 7. The van der Waals surface area contributed by atoms with Crippen molar-refractivity contribution in [2.24, 2.45) is 0 Å². The van der Waals surface area contributed by atoms with Crippen LogP contribution in [0, 0.1) is 6.57 Å². The van der Waals surface area contributed by atoms with E-state index in [1.165, 1.54) is 10.8 Å². The van der Waals surface area contributed by atoms with Gasteiger partial charge < -0.3 is 0 Å². The first-order chi connectivity index (χ1) is 25.7. The maximum Gasteiger partial charge on any atom is 0.187 e. The number of pyridine rings is 2. The van der Waals surface area contributed by atoms with Gasteiger partial charge in [-0.3, -0.25) is 9.97 Å². The molecule has 3 heterocycles. The maximum atomic E-state index is 7.69. The van der Waals surface area contributed by atoms with Gasteiger partial charge in [0.25, 0.3) is 0 Å². The summed E-state index contributed by atoms with van der Waals surface area (Å²) in [6.07, 6.45) is 3.62. The quantitative estimate of drug-likeness (QED) is 0.139. The first-order valence-electron chi connectivity index (χ1n) is 17.2. The zero-order valence-corrected chi connectivity index (χ0v) is 27.8. The van der Waals surface area contributed by atoms with Gasteiger partial charge in [0.15, 0.2) is 11.5 Å². The molecule has 0 radical (unpaired) electrons. The Bertz CT molecular complexity index is 3100. The molecule has 0 fully saturated rings. The van der Waals surface area contributed by atoms with E-state index in [-0.39, 0.29) is 0 Å². The van der Waals surface area contributed by atoms with Gasteiger partial charge in [-0.15, -0.1) is 0 Å². The van der Waals surface area contributed by atoms with Crippen molar-refractivity contribution in [2.75, 3.05) is 0 Å². The lowest BCUT2D eigenvalue weighted by Crippen LogP contribution is -1.98. The van der Waals surface area contributed by atoms with Crippen LogP contribution in [-0.2, 0) is 0 Å². The minimum absolute atomic E-state index is 0.604. The Balaban J connectivity index is 1.27. The summed E-state index contributed by atoms with van der Waals surface area (Å²) in [6, 6.07) is 52.2. The Hall–Kier alpha value is -7.29. The molecule has 10 rings (SSSR count). The summed E-state index contributed by atoms with van der Waals surface area (Å²) in [5, 5.41) is 8.64. The predicted molar refractivity (Wildman–Crippen MR) is 213 cm³/mol. The fraction of sp³-hybridized carbons (Fsp3) is 0. The highest BCUT2D eigenvalue weighted by Crippen LogP contribution is 2.40. The molecule has 52 heavy (non-hydrogen) atoms. The number of aromatic nitrogens is 4. The third-order valence-corrected chi connectivity index (χ3v) is 9.93. The van der Waals surface area contributed by atoms with E-state index in [0.717, 1.165) is 82.6 Å². The van der Waals surface area contributed by atoms with Crippen LogP contribution < -0.4 is 0 Å². The first kappa shape index (κ1) is 29.6. The molecule has 0 N–H and O–H groups in total. The molecular weight excluding hydrogens is 635 g/mol. The van der Waals surface area contributed by atoms with E-state index in [4.69, 9.17) is 26.5 Å². The summed E-state index contributed by atoms with van der Waals surface area (Å²) in [5.41, 5.74) is 8.98. The third-order valence-electron chi connectivity index (χ3n) is 9.93. The SMILES string of the molecule is [C-]#[N+]c1ccc2c(c1)cc(-c1cc(-c3cc4cccnc4c4ncccc34)nc(-c3cccc(-c4cccc5ccccc45)c3)n1)c1ccccc12. The second-order valence-electron chi connectivity index (χ2n) is 13.0. The van der Waals surface area contributed by atoms with E-state index >= 15 is 0 Å². The second kappa shape index (κ2) is 11.9. The van der Waals surface area contributed by atoms with Gasteiger partial charge in [-0.2, -0.15) is 0 Å². The smallest absolute Gasteiger partial charge is 0.187 e. The minimum atomic E-state index is 0.604. The zero-order valence-electron chi connectivity index (χ0n) is 27.8. The van der Waals surface area contributed by atoms with Gasteiger partial charge in [-0.1, -0.05) is 109 Å². The summed E-state index contributed by atoms with van der Waals surface area (Å²) in [6.45, 7) is 7.69. The topological polar surface area (TPSA) is 55.9 Å². The van der Waals surface area contributed by atoms with Gasteiger partial charge in [0.2, 0.25) is 0 Å². The van der Waals surface area contributed by atoms with Crippen molar-refractivity contribution in [2.45, 2.75) is 0 Å². The Morgan fingerprint density at radius 2 is 1.06 bits per heavy atom. The van der Waals surface area contributed by atoms with E-state index in [1.807, 2.05) is 42.7 Å². The summed E-state index contributed by atoms with van der Waals surface area (Å²) in [5.74, 6) is 0.622. The van der Waals surface area contributed by atoms with Gasteiger partial charge in [0.1, 0.15) is 0 Å². The highest BCUT2D eigenvalue weighted by Gasteiger charge is 2.18. The van der Waals surface area contributed by atoms with Crippen molar-refractivity contribution in [3.8, 4) is 45.0 Å². The Morgan fingerprint density at radius 1 is 0.404 bits per heavy atom. The van der Waals surface area contributed by atoms with E-state index in [9.17, 15) is 0 Å². The molecule has 0 aliphatic heterocycles. The molecule has 0 bridgehead atoms. The number of rotatable bonds is 4. The predicted octanol–water partition coefficient (Wildman–Crippen LogP) is 12.3. The van der Waals surface area contributed by atoms with Crippen LogP contribution in [0.2, 0.25) is 0 Å². The first-order valence-corrected chi connectivity index (χ1v) is 17.2. The standard InChI is InChI=1S/C47H27N5/c1-48-34-20-21-37-33(25-34)27-41(39-17-5-4-16-38(37)39)43-28-44(42-26-31-14-8-22-49-45(31)46-40(42)19-9-23-50-46)52-47(51-43)32-13-6-12-30(24-32)36-18-7-11-29-10-2-3-15-35(29)36/h2-28H. The highest BCUT2D eigenvalue weighted by molar-refractivity contribution is 6.15. The van der Waals surface area contributed by atoms with Crippen LogP contribution in [0.3, 0.4) is 0 Å². The molecule has 0 amide bonds. The van der Waals surface area contributed by atoms with Gasteiger partial charge in [0.05, 0.1) is 29.0 Å². The summed E-state index contributed by atoms with van der Waals surface area (Å²) < 4.78 is 0. The molecule has 0 aliphatic rings. The van der Waals surface area contributed by atoms with Gasteiger partial charge in [-0.25, -0.2) is 14.8 Å². The van der Waals surface area contributed by atoms with E-state index < -0.39 is 0 Å². The van der Waals surface area contributed by atoms with E-state index in [0.29, 0.717) is 11.5 Å². The molecule has 3 aromatic heterocycles. The van der Waals surface area contributed by atoms with E-state index in [2.05, 4.69) is 126 Å². The Labute approximate surface area is 299 Å². The van der Waals surface area contributed by atoms with Crippen molar-refractivity contribution >= 4 is 59.8 Å². The molecule has 0 saturated heterocycles. The molecular formula is C47H27N5. The Morgan fingerprint density at radius 3 is 1.92 bits per heavy atom. The molecule has 7 aromatic carbocycles. The van der Waals surface area contributed by atoms with Crippen LogP contribution in [-0.4, -0.2) is 19.9 Å². The number of hydrogen-bond donors (Lipinski definition) is 0. The van der Waals surface area contributed by atoms with Crippen molar-refractivity contribution in [1.29, 1.82) is 0 Å². The Kier molecular flexibility index (Phi) is 6.80. The van der Waals surface area contributed by atoms with Gasteiger partial charge >= 0.3 is 0 Å². The molecule has 0 saturated carbocycles. The molecule has 0 aliphatic carbocycles. The van der Waals surface area contributed by atoms with Crippen LogP contribution in [0.25, 0.3) is 104 Å².